The molecule has 0 aliphatic rings. The second-order valence-corrected chi connectivity index (χ2v) is 2.66. The van der Waals surface area contributed by atoms with Crippen LogP contribution in [-0.4, -0.2) is 17.5 Å². The highest BCUT2D eigenvalue weighted by molar-refractivity contribution is 5.40. The Morgan fingerprint density at radius 3 is 2.50 bits per heavy atom. The highest BCUT2D eigenvalue weighted by Crippen LogP contribution is 2.12. The SMILES string of the molecule is CC(F)(F)CNc1ccncc1. The summed E-state index contributed by atoms with van der Waals surface area (Å²) in [6.45, 7) is 0.526. The summed E-state index contributed by atoms with van der Waals surface area (Å²) >= 11 is 0. The molecule has 66 valence electrons. The van der Waals surface area contributed by atoms with Gasteiger partial charge in [-0.15, -0.1) is 0 Å². The van der Waals surface area contributed by atoms with Crippen molar-refractivity contribution in [2.45, 2.75) is 12.8 Å². The molecule has 1 N–H and O–H groups in total. The van der Waals surface area contributed by atoms with Crippen molar-refractivity contribution in [2.24, 2.45) is 0 Å². The van der Waals surface area contributed by atoms with Crippen molar-refractivity contribution < 1.29 is 8.78 Å². The molecule has 0 atom stereocenters. The number of anilines is 1. The molecule has 0 spiro atoms. The molecular formula is C8H10F2N2. The van der Waals surface area contributed by atoms with Gasteiger partial charge in [-0.1, -0.05) is 0 Å². The van der Waals surface area contributed by atoms with Gasteiger partial charge in [-0.05, 0) is 12.1 Å². The first-order valence-corrected chi connectivity index (χ1v) is 3.60. The normalized spacial score (nSPS) is 11.2. The van der Waals surface area contributed by atoms with E-state index in [1.165, 1.54) is 0 Å². The highest BCUT2D eigenvalue weighted by atomic mass is 19.3. The molecule has 0 aliphatic carbocycles. The van der Waals surface area contributed by atoms with Crippen molar-refractivity contribution in [1.82, 2.24) is 4.98 Å². The van der Waals surface area contributed by atoms with Crippen LogP contribution in [0.25, 0.3) is 0 Å². The number of aromatic nitrogens is 1. The monoisotopic (exact) mass is 172 g/mol. The predicted octanol–water partition coefficient (Wildman–Crippen LogP) is 2.15. The van der Waals surface area contributed by atoms with Crippen molar-refractivity contribution in [3.63, 3.8) is 0 Å². The Morgan fingerprint density at radius 2 is 2.00 bits per heavy atom. The molecule has 0 aliphatic heterocycles. The summed E-state index contributed by atoms with van der Waals surface area (Å²) < 4.78 is 24.7. The fourth-order valence-electron chi connectivity index (χ4n) is 0.727. The lowest BCUT2D eigenvalue weighted by molar-refractivity contribution is 0.0368. The van der Waals surface area contributed by atoms with Crippen LogP contribution >= 0.6 is 0 Å². The van der Waals surface area contributed by atoms with Crippen LogP contribution in [0.4, 0.5) is 14.5 Å². The summed E-state index contributed by atoms with van der Waals surface area (Å²) in [4.78, 5) is 3.76. The average molecular weight is 172 g/mol. The van der Waals surface area contributed by atoms with E-state index in [0.29, 0.717) is 5.69 Å². The number of nitrogens with zero attached hydrogens (tertiary/aromatic N) is 1. The molecule has 0 amide bonds. The van der Waals surface area contributed by atoms with Gasteiger partial charge in [-0.2, -0.15) is 0 Å². The molecule has 2 nitrogen and oxygen atoms in total. The molecule has 4 heteroatoms. The Morgan fingerprint density at radius 1 is 1.42 bits per heavy atom. The fraction of sp³-hybridized carbons (Fsp3) is 0.375. The van der Waals surface area contributed by atoms with Crippen molar-refractivity contribution in [1.29, 1.82) is 0 Å². The Balaban J connectivity index is 2.44. The van der Waals surface area contributed by atoms with Gasteiger partial charge in [0.2, 0.25) is 0 Å². The number of hydrogen-bond acceptors (Lipinski definition) is 2. The van der Waals surface area contributed by atoms with Crippen molar-refractivity contribution in [3.8, 4) is 0 Å². The van der Waals surface area contributed by atoms with E-state index in [4.69, 9.17) is 0 Å². The zero-order valence-electron chi connectivity index (χ0n) is 6.72. The van der Waals surface area contributed by atoms with Gasteiger partial charge < -0.3 is 5.32 Å². The molecule has 0 bridgehead atoms. The van der Waals surface area contributed by atoms with Crippen LogP contribution in [0.3, 0.4) is 0 Å². The number of pyridine rings is 1. The van der Waals surface area contributed by atoms with E-state index in [1.807, 2.05) is 0 Å². The number of alkyl halides is 2. The lowest BCUT2D eigenvalue weighted by Gasteiger charge is -2.11. The van der Waals surface area contributed by atoms with Crippen molar-refractivity contribution in [2.75, 3.05) is 11.9 Å². The first kappa shape index (κ1) is 8.90. The van der Waals surface area contributed by atoms with Gasteiger partial charge in [0.25, 0.3) is 5.92 Å². The minimum atomic E-state index is -2.68. The standard InChI is InChI=1S/C8H10F2N2/c1-8(9,10)6-12-7-2-4-11-5-3-7/h2-5H,6H2,1H3,(H,11,12). The van der Waals surface area contributed by atoms with Gasteiger partial charge in [0, 0.05) is 25.0 Å². The van der Waals surface area contributed by atoms with E-state index >= 15 is 0 Å². The summed E-state index contributed by atoms with van der Waals surface area (Å²) in [5, 5.41) is 2.59. The topological polar surface area (TPSA) is 24.9 Å². The Kier molecular flexibility index (Phi) is 2.58. The first-order valence-electron chi connectivity index (χ1n) is 3.60. The molecule has 0 aromatic carbocycles. The van der Waals surface area contributed by atoms with Crippen LogP contribution in [0.2, 0.25) is 0 Å². The molecule has 0 saturated carbocycles. The molecule has 0 saturated heterocycles. The van der Waals surface area contributed by atoms with Gasteiger partial charge >= 0.3 is 0 Å². The van der Waals surface area contributed by atoms with Gasteiger partial charge in [-0.3, -0.25) is 4.98 Å². The van der Waals surface area contributed by atoms with E-state index in [-0.39, 0.29) is 6.54 Å². The maximum Gasteiger partial charge on any atom is 0.262 e. The van der Waals surface area contributed by atoms with Crippen molar-refractivity contribution >= 4 is 5.69 Å². The number of rotatable bonds is 3. The third-order valence-electron chi connectivity index (χ3n) is 1.28. The molecule has 1 aromatic heterocycles. The molecule has 0 fully saturated rings. The number of halogens is 2. The molecule has 1 rings (SSSR count). The summed E-state index contributed by atoms with van der Waals surface area (Å²) in [5.74, 6) is -2.68. The maximum atomic E-state index is 12.3. The summed E-state index contributed by atoms with van der Waals surface area (Å²) in [7, 11) is 0. The zero-order valence-corrected chi connectivity index (χ0v) is 6.72. The second kappa shape index (κ2) is 3.47. The highest BCUT2D eigenvalue weighted by Gasteiger charge is 2.19. The predicted molar refractivity (Wildman–Crippen MR) is 43.3 cm³/mol. The van der Waals surface area contributed by atoms with Crippen LogP contribution < -0.4 is 5.32 Å². The van der Waals surface area contributed by atoms with Crippen molar-refractivity contribution in [3.05, 3.63) is 24.5 Å². The lowest BCUT2D eigenvalue weighted by Crippen LogP contribution is -2.22. The quantitative estimate of drug-likeness (QED) is 0.755. The molecular weight excluding hydrogens is 162 g/mol. The Hall–Kier alpha value is -1.19. The summed E-state index contributed by atoms with van der Waals surface area (Å²) in [6.07, 6.45) is 3.10. The van der Waals surface area contributed by atoms with Crippen LogP contribution in [0.5, 0.6) is 0 Å². The number of nitrogens with one attached hydrogen (secondary N) is 1. The molecule has 1 heterocycles. The Labute approximate surface area is 69.6 Å². The largest absolute Gasteiger partial charge is 0.379 e. The van der Waals surface area contributed by atoms with Gasteiger partial charge in [0.15, 0.2) is 0 Å². The third-order valence-corrected chi connectivity index (χ3v) is 1.28. The fourth-order valence-corrected chi connectivity index (χ4v) is 0.727. The summed E-state index contributed by atoms with van der Waals surface area (Å²) in [6, 6.07) is 3.29. The van der Waals surface area contributed by atoms with E-state index in [9.17, 15) is 8.78 Å². The zero-order chi connectivity index (χ0) is 9.03. The molecule has 1 aromatic rings. The van der Waals surface area contributed by atoms with Crippen LogP contribution in [0.15, 0.2) is 24.5 Å². The maximum absolute atomic E-state index is 12.3. The molecule has 0 unspecified atom stereocenters. The minimum Gasteiger partial charge on any atom is -0.379 e. The van der Waals surface area contributed by atoms with E-state index in [0.717, 1.165) is 6.92 Å². The lowest BCUT2D eigenvalue weighted by atomic mass is 10.3. The van der Waals surface area contributed by atoms with Crippen LogP contribution in [-0.2, 0) is 0 Å². The van der Waals surface area contributed by atoms with E-state index in [2.05, 4.69) is 10.3 Å². The molecule has 12 heavy (non-hydrogen) atoms. The molecule has 0 radical (unpaired) electrons. The summed E-state index contributed by atoms with van der Waals surface area (Å²) in [5.41, 5.74) is 0.659. The number of hydrogen-bond donors (Lipinski definition) is 1. The minimum absolute atomic E-state index is 0.350. The smallest absolute Gasteiger partial charge is 0.262 e. The van der Waals surface area contributed by atoms with Gasteiger partial charge in [0.05, 0.1) is 6.54 Å². The average Bonchev–Trinajstić information content (AvgIpc) is 2.02. The van der Waals surface area contributed by atoms with Crippen LogP contribution in [0, 0.1) is 0 Å². The van der Waals surface area contributed by atoms with Gasteiger partial charge in [-0.25, -0.2) is 8.78 Å². The second-order valence-electron chi connectivity index (χ2n) is 2.66. The third kappa shape index (κ3) is 3.27. The van der Waals surface area contributed by atoms with Gasteiger partial charge in [0.1, 0.15) is 0 Å². The van der Waals surface area contributed by atoms with E-state index < -0.39 is 5.92 Å². The van der Waals surface area contributed by atoms with Crippen LogP contribution in [0.1, 0.15) is 6.92 Å². The Bertz CT molecular complexity index is 231. The first-order chi connectivity index (χ1) is 5.58. The van der Waals surface area contributed by atoms with E-state index in [1.54, 1.807) is 24.5 Å².